The van der Waals surface area contributed by atoms with Gasteiger partial charge in [0.25, 0.3) is 0 Å². The van der Waals surface area contributed by atoms with Gasteiger partial charge in [0.2, 0.25) is 0 Å². The van der Waals surface area contributed by atoms with Crippen LogP contribution in [0.4, 0.5) is 0 Å². The highest BCUT2D eigenvalue weighted by molar-refractivity contribution is 5.41. The maximum Gasteiger partial charge on any atom is 0.125 e. The first-order valence-corrected chi connectivity index (χ1v) is 7.51. The van der Waals surface area contributed by atoms with E-state index in [1.807, 2.05) is 0 Å². The maximum absolute atomic E-state index is 6.06. The number of benzene rings is 1. The van der Waals surface area contributed by atoms with E-state index in [0.717, 1.165) is 37.5 Å². The molecule has 0 heterocycles. The average molecular weight is 263 g/mol. The second kappa shape index (κ2) is 8.21. The number of hydrogen-bond acceptors (Lipinski definition) is 2. The van der Waals surface area contributed by atoms with Crippen molar-refractivity contribution in [1.82, 2.24) is 0 Å². The number of aryl methyl sites for hydroxylation is 1. The Balaban J connectivity index is 2.64. The predicted octanol–water partition coefficient (Wildman–Crippen LogP) is 4.09. The quantitative estimate of drug-likeness (QED) is 0.717. The van der Waals surface area contributed by atoms with Crippen LogP contribution in [0.1, 0.15) is 51.2 Å². The normalized spacial score (nSPS) is 12.7. The molecule has 0 aliphatic rings. The van der Waals surface area contributed by atoms with Gasteiger partial charge in [-0.1, -0.05) is 39.0 Å². The van der Waals surface area contributed by atoms with Gasteiger partial charge in [-0.3, -0.25) is 0 Å². The van der Waals surface area contributed by atoms with E-state index in [-0.39, 0.29) is 6.04 Å². The van der Waals surface area contributed by atoms with Gasteiger partial charge in [-0.2, -0.15) is 0 Å². The van der Waals surface area contributed by atoms with Crippen molar-refractivity contribution in [3.63, 3.8) is 0 Å². The van der Waals surface area contributed by atoms with Crippen molar-refractivity contribution in [3.05, 3.63) is 29.3 Å². The molecular formula is C17H29NO. The molecule has 0 saturated heterocycles. The molecule has 2 N–H and O–H groups in total. The Morgan fingerprint density at radius 2 is 2.00 bits per heavy atom. The topological polar surface area (TPSA) is 35.2 Å². The third-order valence-electron chi connectivity index (χ3n) is 3.47. The van der Waals surface area contributed by atoms with E-state index in [0.29, 0.717) is 0 Å². The van der Waals surface area contributed by atoms with Crippen LogP contribution in [0.2, 0.25) is 0 Å². The maximum atomic E-state index is 6.06. The minimum Gasteiger partial charge on any atom is -0.493 e. The van der Waals surface area contributed by atoms with Crippen molar-refractivity contribution in [3.8, 4) is 5.75 Å². The van der Waals surface area contributed by atoms with Gasteiger partial charge >= 0.3 is 0 Å². The lowest BCUT2D eigenvalue weighted by Gasteiger charge is -2.17. The number of nitrogens with two attached hydrogens (primary N) is 1. The van der Waals surface area contributed by atoms with Gasteiger partial charge in [0.15, 0.2) is 0 Å². The van der Waals surface area contributed by atoms with E-state index in [1.165, 1.54) is 17.5 Å². The first-order valence-electron chi connectivity index (χ1n) is 7.51. The zero-order valence-electron chi connectivity index (χ0n) is 12.9. The molecule has 1 aromatic rings. The molecule has 2 heteroatoms. The summed E-state index contributed by atoms with van der Waals surface area (Å²) in [6, 6.07) is 6.56. The van der Waals surface area contributed by atoms with Crippen LogP contribution in [0.25, 0.3) is 0 Å². The molecule has 2 nitrogen and oxygen atoms in total. The van der Waals surface area contributed by atoms with Crippen LogP contribution >= 0.6 is 0 Å². The van der Waals surface area contributed by atoms with Gasteiger partial charge in [0, 0.05) is 6.04 Å². The summed E-state index contributed by atoms with van der Waals surface area (Å²) in [6.07, 6.45) is 4.24. The molecule has 1 rings (SSSR count). The van der Waals surface area contributed by atoms with Crippen LogP contribution < -0.4 is 10.5 Å². The van der Waals surface area contributed by atoms with E-state index < -0.39 is 0 Å². The molecule has 0 spiro atoms. The molecule has 0 amide bonds. The summed E-state index contributed by atoms with van der Waals surface area (Å²) >= 11 is 0. The monoisotopic (exact) mass is 263 g/mol. The van der Waals surface area contributed by atoms with Crippen molar-refractivity contribution in [1.29, 1.82) is 0 Å². The van der Waals surface area contributed by atoms with Gasteiger partial charge in [0.05, 0.1) is 6.61 Å². The summed E-state index contributed by atoms with van der Waals surface area (Å²) in [5, 5.41) is 0. The van der Waals surface area contributed by atoms with E-state index in [2.05, 4.69) is 45.9 Å². The number of hydrogen-bond donors (Lipinski definition) is 1. The summed E-state index contributed by atoms with van der Waals surface area (Å²) in [7, 11) is 0. The second-order valence-corrected chi connectivity index (χ2v) is 5.82. The van der Waals surface area contributed by atoms with Crippen LogP contribution in [0.5, 0.6) is 5.75 Å². The number of rotatable bonds is 8. The molecule has 0 aliphatic heterocycles. The smallest absolute Gasteiger partial charge is 0.125 e. The fourth-order valence-electron chi connectivity index (χ4n) is 2.17. The largest absolute Gasteiger partial charge is 0.493 e. The predicted molar refractivity (Wildman–Crippen MR) is 82.7 cm³/mol. The van der Waals surface area contributed by atoms with Crippen LogP contribution in [-0.2, 0) is 6.42 Å². The molecule has 0 aliphatic carbocycles. The van der Waals surface area contributed by atoms with Crippen LogP contribution in [0, 0.1) is 12.8 Å². The SMILES string of the molecule is CCC(N)Cc1cccc(C)c1OCCCC(C)C. The van der Waals surface area contributed by atoms with E-state index in [1.54, 1.807) is 0 Å². The minimum absolute atomic E-state index is 0.222. The Morgan fingerprint density at radius 1 is 1.26 bits per heavy atom. The Hall–Kier alpha value is -1.02. The standard InChI is InChI=1S/C17H29NO/c1-5-16(18)12-15-10-6-9-14(4)17(15)19-11-7-8-13(2)3/h6,9-10,13,16H,5,7-8,11-12,18H2,1-4H3. The van der Waals surface area contributed by atoms with Gasteiger partial charge in [-0.15, -0.1) is 0 Å². The zero-order chi connectivity index (χ0) is 14.3. The highest BCUT2D eigenvalue weighted by Gasteiger charge is 2.10. The lowest BCUT2D eigenvalue weighted by atomic mass is 10.0. The first kappa shape index (κ1) is 16.0. The van der Waals surface area contributed by atoms with Crippen molar-refractivity contribution in [2.45, 2.75) is 59.4 Å². The van der Waals surface area contributed by atoms with Crippen LogP contribution in [0.15, 0.2) is 18.2 Å². The van der Waals surface area contributed by atoms with Gasteiger partial charge < -0.3 is 10.5 Å². The fraction of sp³-hybridized carbons (Fsp3) is 0.647. The molecule has 0 bridgehead atoms. The fourth-order valence-corrected chi connectivity index (χ4v) is 2.17. The van der Waals surface area contributed by atoms with Crippen LogP contribution in [0.3, 0.4) is 0 Å². The summed E-state index contributed by atoms with van der Waals surface area (Å²) in [6.45, 7) is 9.54. The Morgan fingerprint density at radius 3 is 2.63 bits per heavy atom. The first-order chi connectivity index (χ1) is 9.04. The Labute approximate surface area is 118 Å². The van der Waals surface area contributed by atoms with Crippen molar-refractivity contribution >= 4 is 0 Å². The van der Waals surface area contributed by atoms with E-state index in [4.69, 9.17) is 10.5 Å². The van der Waals surface area contributed by atoms with Gasteiger partial charge in [-0.25, -0.2) is 0 Å². The highest BCUT2D eigenvalue weighted by Crippen LogP contribution is 2.25. The zero-order valence-corrected chi connectivity index (χ0v) is 12.9. The Bertz CT molecular complexity index is 374. The van der Waals surface area contributed by atoms with Gasteiger partial charge in [-0.05, 0) is 49.7 Å². The molecule has 19 heavy (non-hydrogen) atoms. The van der Waals surface area contributed by atoms with Crippen molar-refractivity contribution in [2.24, 2.45) is 11.7 Å². The van der Waals surface area contributed by atoms with Crippen molar-refractivity contribution < 1.29 is 4.74 Å². The molecular weight excluding hydrogens is 234 g/mol. The van der Waals surface area contributed by atoms with Crippen molar-refractivity contribution in [2.75, 3.05) is 6.61 Å². The Kier molecular flexibility index (Phi) is 6.93. The third kappa shape index (κ3) is 5.65. The highest BCUT2D eigenvalue weighted by atomic mass is 16.5. The molecule has 108 valence electrons. The van der Waals surface area contributed by atoms with Crippen LogP contribution in [-0.4, -0.2) is 12.6 Å². The third-order valence-corrected chi connectivity index (χ3v) is 3.47. The van der Waals surface area contributed by atoms with Gasteiger partial charge in [0.1, 0.15) is 5.75 Å². The summed E-state index contributed by atoms with van der Waals surface area (Å²) in [5.41, 5.74) is 8.53. The molecule has 0 aromatic heterocycles. The second-order valence-electron chi connectivity index (χ2n) is 5.82. The summed E-state index contributed by atoms with van der Waals surface area (Å²) in [4.78, 5) is 0. The average Bonchev–Trinajstić information content (AvgIpc) is 2.36. The number of ether oxygens (including phenoxy) is 1. The molecule has 1 unspecified atom stereocenters. The molecule has 0 radical (unpaired) electrons. The van der Waals surface area contributed by atoms with E-state index in [9.17, 15) is 0 Å². The molecule has 0 saturated carbocycles. The summed E-state index contributed by atoms with van der Waals surface area (Å²) < 4.78 is 6.01. The molecule has 1 aromatic carbocycles. The molecule has 1 atom stereocenters. The summed E-state index contributed by atoms with van der Waals surface area (Å²) in [5.74, 6) is 1.80. The molecule has 0 fully saturated rings. The number of para-hydroxylation sites is 1. The minimum atomic E-state index is 0.222. The lowest BCUT2D eigenvalue weighted by molar-refractivity contribution is 0.292. The lowest BCUT2D eigenvalue weighted by Crippen LogP contribution is -2.22. The van der Waals surface area contributed by atoms with E-state index >= 15 is 0 Å².